The van der Waals surface area contributed by atoms with Gasteiger partial charge in [0.25, 0.3) is 5.91 Å². The maximum absolute atomic E-state index is 13.6. The van der Waals surface area contributed by atoms with Gasteiger partial charge in [0.1, 0.15) is 19.3 Å². The van der Waals surface area contributed by atoms with Gasteiger partial charge in [-0.3, -0.25) is 4.79 Å². The summed E-state index contributed by atoms with van der Waals surface area (Å²) >= 11 is 0. The van der Waals surface area contributed by atoms with Crippen LogP contribution in [0.25, 0.3) is 0 Å². The molecule has 51 heavy (non-hydrogen) atoms. The van der Waals surface area contributed by atoms with Crippen molar-refractivity contribution in [2.75, 3.05) is 13.2 Å². The van der Waals surface area contributed by atoms with Crippen LogP contribution in [0, 0.1) is 0 Å². The molecular weight excluding hydrogens is 633 g/mol. The first-order valence-corrected chi connectivity index (χ1v) is 21.4. The van der Waals surface area contributed by atoms with Gasteiger partial charge >= 0.3 is 0 Å². The van der Waals surface area contributed by atoms with E-state index < -0.39 is 6.10 Å². The van der Waals surface area contributed by atoms with E-state index in [1.54, 1.807) is 0 Å². The van der Waals surface area contributed by atoms with Crippen LogP contribution >= 0.6 is 0 Å². The molecule has 0 aliphatic carbocycles. The first-order chi connectivity index (χ1) is 25.1. The van der Waals surface area contributed by atoms with Crippen LogP contribution in [-0.2, 0) is 18.4 Å². The van der Waals surface area contributed by atoms with Crippen molar-refractivity contribution in [1.82, 2.24) is 5.32 Å². The van der Waals surface area contributed by atoms with E-state index in [0.717, 1.165) is 43.5 Å². The molecule has 0 saturated heterocycles. The minimum absolute atomic E-state index is 0.0701. The number of aromatic nitrogens is 1. The molecule has 0 spiro atoms. The van der Waals surface area contributed by atoms with Crippen molar-refractivity contribution in [3.05, 3.63) is 48.3 Å². The molecule has 0 aliphatic heterocycles. The summed E-state index contributed by atoms with van der Waals surface area (Å²) in [5, 5.41) is 3.15. The van der Waals surface area contributed by atoms with Crippen LogP contribution in [0.5, 0.6) is 17.2 Å². The van der Waals surface area contributed by atoms with Crippen LogP contribution in [0.3, 0.4) is 0 Å². The molecule has 2 aromatic rings. The van der Waals surface area contributed by atoms with Crippen LogP contribution < -0.4 is 24.1 Å². The number of aryl methyl sites for hydroxylation is 1. The number of hydrogen-bond donors (Lipinski definition) is 1. The molecule has 1 amide bonds. The molecule has 2 rings (SSSR count). The first kappa shape index (κ1) is 44.4. The molecule has 1 N–H and O–H groups in total. The summed E-state index contributed by atoms with van der Waals surface area (Å²) < 4.78 is 21.0. The van der Waals surface area contributed by atoms with Crippen LogP contribution in [0.1, 0.15) is 187 Å². The Labute approximate surface area is 313 Å². The Morgan fingerprint density at radius 3 is 1.63 bits per heavy atom. The molecule has 6 nitrogen and oxygen atoms in total. The van der Waals surface area contributed by atoms with E-state index in [2.05, 4.69) is 26.1 Å². The number of rotatable bonds is 34. The average Bonchev–Trinajstić information content (AvgIpc) is 3.14. The molecule has 0 saturated carbocycles. The fourth-order valence-electron chi connectivity index (χ4n) is 6.54. The van der Waals surface area contributed by atoms with Crippen molar-refractivity contribution in [3.8, 4) is 17.2 Å². The van der Waals surface area contributed by atoms with Gasteiger partial charge in [0.05, 0.1) is 13.2 Å². The second-order valence-corrected chi connectivity index (χ2v) is 14.6. The summed E-state index contributed by atoms with van der Waals surface area (Å²) in [5.41, 5.74) is 1.05. The van der Waals surface area contributed by atoms with E-state index in [1.165, 1.54) is 122 Å². The Hall–Kier alpha value is -2.76. The first-order valence-electron chi connectivity index (χ1n) is 21.4. The summed E-state index contributed by atoms with van der Waals surface area (Å²) in [4.78, 5) is 13.6. The smallest absolute Gasteiger partial charge is 0.261 e. The number of nitrogens with zero attached hydrogens (tertiary/aromatic N) is 1. The van der Waals surface area contributed by atoms with Crippen LogP contribution in [0.4, 0.5) is 0 Å². The maximum Gasteiger partial charge on any atom is 0.261 e. The normalized spacial score (nSPS) is 11.8. The van der Waals surface area contributed by atoms with Crippen molar-refractivity contribution < 1.29 is 23.6 Å². The van der Waals surface area contributed by atoms with Crippen molar-refractivity contribution in [2.24, 2.45) is 7.05 Å². The van der Waals surface area contributed by atoms with Crippen LogP contribution in [-0.4, -0.2) is 25.2 Å². The highest BCUT2D eigenvalue weighted by Crippen LogP contribution is 2.33. The van der Waals surface area contributed by atoms with Crippen molar-refractivity contribution in [3.63, 3.8) is 0 Å². The standard InChI is InChI=1S/C45H76N2O4/c1-5-8-11-14-15-16-17-18-19-20-21-22-23-26-32-43(45(48)46-39-40-31-27-28-35-47(40)4)51-41-33-34-42(49-36-29-24-12-9-6-2)44(38-41)50-37-30-25-13-10-7-3/h27-28,31,33-35,38,43H,5-26,29-30,32,36-37,39H2,1-4H3/p+1. The molecule has 0 bridgehead atoms. The number of carbonyl (C=O) groups is 1. The van der Waals surface area contributed by atoms with Gasteiger partial charge in [-0.15, -0.1) is 0 Å². The number of unbranched alkanes of at least 4 members (excludes halogenated alkanes) is 21. The highest BCUT2D eigenvalue weighted by Gasteiger charge is 2.22. The van der Waals surface area contributed by atoms with Gasteiger partial charge < -0.3 is 19.5 Å². The molecule has 6 heteroatoms. The Kier molecular flexibility index (Phi) is 26.8. The molecule has 1 aromatic carbocycles. The summed E-state index contributed by atoms with van der Waals surface area (Å²) in [7, 11) is 2.00. The molecule has 1 aromatic heterocycles. The third-order valence-electron chi connectivity index (χ3n) is 9.92. The lowest BCUT2D eigenvalue weighted by molar-refractivity contribution is -0.679. The largest absolute Gasteiger partial charge is 0.490 e. The lowest BCUT2D eigenvalue weighted by atomic mass is 10.0. The molecule has 0 aliphatic rings. The third kappa shape index (κ3) is 22.0. The van der Waals surface area contributed by atoms with Gasteiger partial charge in [0.2, 0.25) is 0 Å². The van der Waals surface area contributed by atoms with Gasteiger partial charge in [0.15, 0.2) is 29.5 Å². The number of ether oxygens (including phenoxy) is 3. The Morgan fingerprint density at radius 2 is 1.10 bits per heavy atom. The van der Waals surface area contributed by atoms with Crippen LogP contribution in [0.15, 0.2) is 42.6 Å². The second kappa shape index (κ2) is 30.8. The zero-order valence-electron chi connectivity index (χ0n) is 33.5. The Morgan fingerprint density at radius 1 is 0.608 bits per heavy atom. The average molecular weight is 710 g/mol. The summed E-state index contributed by atoms with van der Waals surface area (Å²) in [6.45, 7) is 8.55. The zero-order chi connectivity index (χ0) is 36.6. The Balaban J connectivity index is 1.94. The zero-order valence-corrected chi connectivity index (χ0v) is 33.5. The van der Waals surface area contributed by atoms with E-state index >= 15 is 0 Å². The molecule has 290 valence electrons. The van der Waals surface area contributed by atoms with Crippen molar-refractivity contribution in [2.45, 2.75) is 194 Å². The predicted octanol–water partition coefficient (Wildman–Crippen LogP) is 12.1. The second-order valence-electron chi connectivity index (χ2n) is 14.6. The van der Waals surface area contributed by atoms with Crippen molar-refractivity contribution >= 4 is 5.91 Å². The van der Waals surface area contributed by atoms with Gasteiger partial charge in [-0.25, -0.2) is 4.57 Å². The highest BCUT2D eigenvalue weighted by molar-refractivity contribution is 5.81. The minimum atomic E-state index is -0.566. The lowest BCUT2D eigenvalue weighted by Crippen LogP contribution is -2.42. The number of pyridine rings is 1. The quantitative estimate of drug-likeness (QED) is 0.0580. The maximum atomic E-state index is 13.6. The SMILES string of the molecule is CCCCCCCCCCCCCCCCC(Oc1ccc(OCCCCCCC)c(OCCCCCCC)c1)C(=O)NCc1cccc[n+]1C. The molecular formula is C45H77N2O4+. The van der Waals surface area contributed by atoms with E-state index in [9.17, 15) is 4.79 Å². The highest BCUT2D eigenvalue weighted by atomic mass is 16.5. The summed E-state index contributed by atoms with van der Waals surface area (Å²) in [6, 6.07) is 11.9. The number of hydrogen-bond acceptors (Lipinski definition) is 4. The molecule has 1 atom stereocenters. The Bertz CT molecular complexity index is 1120. The van der Waals surface area contributed by atoms with Gasteiger partial charge in [0, 0.05) is 18.2 Å². The number of amides is 1. The summed E-state index contributed by atoms with van der Waals surface area (Å²) in [6.07, 6.45) is 32.4. The van der Waals surface area contributed by atoms with E-state index in [1.807, 2.05) is 54.2 Å². The van der Waals surface area contributed by atoms with Gasteiger partial charge in [-0.2, -0.15) is 0 Å². The van der Waals surface area contributed by atoms with Gasteiger partial charge in [-0.1, -0.05) is 162 Å². The lowest BCUT2D eigenvalue weighted by Gasteiger charge is -2.20. The number of benzene rings is 1. The fraction of sp³-hybridized carbons (Fsp3) is 0.733. The molecule has 1 unspecified atom stereocenters. The number of carbonyl (C=O) groups excluding carboxylic acids is 1. The van der Waals surface area contributed by atoms with E-state index in [-0.39, 0.29) is 5.91 Å². The fourth-order valence-corrected chi connectivity index (χ4v) is 6.54. The minimum Gasteiger partial charge on any atom is -0.490 e. The van der Waals surface area contributed by atoms with Crippen LogP contribution in [0.2, 0.25) is 0 Å². The third-order valence-corrected chi connectivity index (χ3v) is 9.92. The van der Waals surface area contributed by atoms with E-state index in [0.29, 0.717) is 37.7 Å². The topological polar surface area (TPSA) is 60.7 Å². The monoisotopic (exact) mass is 710 g/mol. The summed E-state index contributed by atoms with van der Waals surface area (Å²) in [5.74, 6) is 2.06. The van der Waals surface area contributed by atoms with Gasteiger partial charge in [-0.05, 0) is 37.8 Å². The predicted molar refractivity (Wildman–Crippen MR) is 214 cm³/mol. The van der Waals surface area contributed by atoms with E-state index in [4.69, 9.17) is 14.2 Å². The molecule has 1 heterocycles. The molecule has 0 fully saturated rings. The number of nitrogens with one attached hydrogen (secondary N) is 1. The van der Waals surface area contributed by atoms with Crippen molar-refractivity contribution in [1.29, 1.82) is 0 Å². The molecule has 0 radical (unpaired) electrons.